The van der Waals surface area contributed by atoms with Gasteiger partial charge in [-0.2, -0.15) is 70.2 Å². The van der Waals surface area contributed by atoms with E-state index in [-0.39, 0.29) is 0 Å². The monoisotopic (exact) mass is 470 g/mol. The normalized spacial score (nSPS) is 15.5. The van der Waals surface area contributed by atoms with E-state index in [0.29, 0.717) is 0 Å². The molecule has 0 bridgehead atoms. The molecule has 0 aliphatic carbocycles. The third-order valence-electron chi connectivity index (χ3n) is 2.29. The van der Waals surface area contributed by atoms with Crippen molar-refractivity contribution in [2.24, 2.45) is 0 Å². The maximum absolute atomic E-state index is 12.6. The topological polar surface area (TPSA) is 54.4 Å². The first-order chi connectivity index (χ1) is 11.2. The summed E-state index contributed by atoms with van der Waals surface area (Å²) in [7, 11) is -3.12. The van der Waals surface area contributed by atoms with E-state index in [1.807, 2.05) is 0 Å². The summed E-state index contributed by atoms with van der Waals surface area (Å²) in [5.41, 5.74) is 0. The van der Waals surface area contributed by atoms with Gasteiger partial charge in [-0.25, -0.2) is 8.42 Å². The second-order valence-corrected chi connectivity index (χ2v) is 4.58. The second kappa shape index (κ2) is 7.32. The van der Waals surface area contributed by atoms with E-state index in [9.17, 15) is 70.2 Å². The molecule has 20 heteroatoms. The van der Waals surface area contributed by atoms with E-state index in [0.717, 1.165) is 0 Å². The number of rotatable bonds is 4. The first kappa shape index (κ1) is 28.0. The van der Waals surface area contributed by atoms with Gasteiger partial charge in [0, 0.05) is 0 Å². The predicted molar refractivity (Wildman–Crippen MR) is 49.8 cm³/mol. The summed E-state index contributed by atoms with van der Waals surface area (Å²) in [5, 5.41) is 0. The first-order valence-electron chi connectivity index (χ1n) is 5.09. The average Bonchev–Trinajstić information content (AvgIpc) is 2.34. The van der Waals surface area contributed by atoms with Crippen LogP contribution in [0, 0.1) is 0 Å². The van der Waals surface area contributed by atoms with Gasteiger partial charge in [0.25, 0.3) is 11.0 Å². The molecular weight excluding hydrogens is 468 g/mol. The molecule has 0 aromatic heterocycles. The van der Waals surface area contributed by atoms with Gasteiger partial charge in [-0.05, 0) is 0 Å². The Balaban J connectivity index is 0. The molecule has 0 unspecified atom stereocenters. The van der Waals surface area contributed by atoms with Crippen LogP contribution in [0.1, 0.15) is 0 Å². The zero-order valence-corrected chi connectivity index (χ0v) is 12.2. The Morgan fingerprint density at radius 2 is 0.519 bits per heavy atom. The number of hydrogen-bond donors (Lipinski definition) is 2. The summed E-state index contributed by atoms with van der Waals surface area (Å²) < 4.78 is 217. The molecule has 0 spiro atoms. The Hall–Kier alpha value is -1.21. The smallest absolute Gasteiger partial charge is 0.288 e. The zero-order chi connectivity index (χ0) is 23.1. The summed E-state index contributed by atoms with van der Waals surface area (Å²) in [6, 6.07) is 0. The highest BCUT2D eigenvalue weighted by Gasteiger charge is 2.93. The summed E-state index contributed by atoms with van der Waals surface area (Å²) >= 11 is 0. The number of halogens is 16. The molecule has 0 radical (unpaired) electrons. The molecule has 0 fully saturated rings. The van der Waals surface area contributed by atoms with Gasteiger partial charge in [0.05, 0.1) is 0 Å². The van der Waals surface area contributed by atoms with Gasteiger partial charge in [-0.1, -0.05) is 0 Å². The van der Waals surface area contributed by atoms with E-state index in [1.165, 1.54) is 0 Å². The van der Waals surface area contributed by atoms with Crippen molar-refractivity contribution in [1.82, 2.24) is 0 Å². The van der Waals surface area contributed by atoms with Crippen molar-refractivity contribution < 1.29 is 83.2 Å². The Morgan fingerprint density at radius 3 is 0.630 bits per heavy atom. The van der Waals surface area contributed by atoms with E-state index in [4.69, 9.17) is 13.0 Å². The molecule has 166 valence electrons. The van der Waals surface area contributed by atoms with E-state index in [1.54, 1.807) is 0 Å². The van der Waals surface area contributed by atoms with Crippen LogP contribution in [-0.4, -0.2) is 54.9 Å². The molecule has 0 heterocycles. The highest BCUT2D eigenvalue weighted by Crippen LogP contribution is 2.62. The standard InChI is InChI=1S/C7F16.H2O3S/c8-1(9,2(10,11)4(14,15)6(18,19)20)3(12,13)5(16,17)7(21,22)23;1-4(2)3/h;4H,(H,1,2,3). The van der Waals surface area contributed by atoms with Gasteiger partial charge in [0.2, 0.25) is 0 Å². The van der Waals surface area contributed by atoms with Crippen molar-refractivity contribution in [2.45, 2.75) is 42.0 Å². The van der Waals surface area contributed by atoms with E-state index >= 15 is 0 Å². The summed E-state index contributed by atoms with van der Waals surface area (Å²) in [4.78, 5) is 0. The van der Waals surface area contributed by atoms with Gasteiger partial charge in [-0.15, -0.1) is 0 Å². The van der Waals surface area contributed by atoms with Crippen molar-refractivity contribution in [3.05, 3.63) is 0 Å². The molecule has 0 aliphatic rings. The van der Waals surface area contributed by atoms with Crippen LogP contribution in [0.15, 0.2) is 0 Å². The fraction of sp³-hybridized carbons (Fsp3) is 1.00. The second-order valence-electron chi connectivity index (χ2n) is 4.11. The molecule has 3 nitrogen and oxygen atoms in total. The molecule has 0 aliphatic heterocycles. The van der Waals surface area contributed by atoms with Crippen molar-refractivity contribution in [3.8, 4) is 0 Å². The molecule has 0 rings (SSSR count). The molecular formula is C7H2F16O3S. The first-order valence-corrected chi connectivity index (χ1v) is 6.22. The van der Waals surface area contributed by atoms with Crippen LogP contribution in [0.2, 0.25) is 0 Å². The molecule has 0 amide bonds. The molecule has 0 saturated heterocycles. The third-order valence-corrected chi connectivity index (χ3v) is 2.29. The summed E-state index contributed by atoms with van der Waals surface area (Å²) in [5.74, 6) is -41.2. The quantitative estimate of drug-likeness (QED) is 0.365. The molecule has 0 atom stereocenters. The Kier molecular flexibility index (Phi) is 7.59. The average molecular weight is 470 g/mol. The maximum Gasteiger partial charge on any atom is 0.460 e. The minimum atomic E-state index is -8.43. The van der Waals surface area contributed by atoms with Crippen molar-refractivity contribution in [2.75, 3.05) is 0 Å². The minimum Gasteiger partial charge on any atom is -0.288 e. The summed E-state index contributed by atoms with van der Waals surface area (Å²) in [6.07, 6.45) is -15.3. The van der Waals surface area contributed by atoms with Crippen LogP contribution >= 0.6 is 0 Å². The Morgan fingerprint density at radius 1 is 0.407 bits per heavy atom. The fourth-order valence-electron chi connectivity index (χ4n) is 0.948. The molecule has 0 aromatic carbocycles. The van der Waals surface area contributed by atoms with Crippen LogP contribution in [0.5, 0.6) is 0 Å². The number of thiol groups is 1. The third kappa shape index (κ3) is 4.62. The zero-order valence-electron chi connectivity index (χ0n) is 11.3. The highest BCUT2D eigenvalue weighted by atomic mass is 32.2. The molecule has 0 saturated carbocycles. The highest BCUT2D eigenvalue weighted by molar-refractivity contribution is 7.66. The van der Waals surface area contributed by atoms with Gasteiger partial charge in [0.15, 0.2) is 0 Å². The van der Waals surface area contributed by atoms with Gasteiger partial charge < -0.3 is 0 Å². The predicted octanol–water partition coefficient (Wildman–Crippen LogP) is 4.36. The number of alkyl halides is 16. The largest absolute Gasteiger partial charge is 0.460 e. The van der Waals surface area contributed by atoms with E-state index in [2.05, 4.69) is 0 Å². The summed E-state index contributed by atoms with van der Waals surface area (Å²) in [6.45, 7) is 0. The maximum atomic E-state index is 12.6. The van der Waals surface area contributed by atoms with Crippen LogP contribution in [0.25, 0.3) is 0 Å². The van der Waals surface area contributed by atoms with Crippen molar-refractivity contribution in [1.29, 1.82) is 0 Å². The lowest BCUT2D eigenvalue weighted by molar-refractivity contribution is -0.461. The van der Waals surface area contributed by atoms with E-state index < -0.39 is 53.0 Å². The number of hydrogen-bond acceptors (Lipinski definition) is 2. The van der Waals surface area contributed by atoms with Crippen LogP contribution in [0.4, 0.5) is 70.2 Å². The Bertz CT molecular complexity index is 536. The lowest BCUT2D eigenvalue weighted by atomic mass is 9.94. The lowest BCUT2D eigenvalue weighted by Gasteiger charge is -2.39. The molecule has 1 N–H and O–H groups in total. The fourth-order valence-corrected chi connectivity index (χ4v) is 0.948. The molecule has 27 heavy (non-hydrogen) atoms. The Labute approximate surface area is 137 Å². The van der Waals surface area contributed by atoms with Gasteiger partial charge in [-0.3, -0.25) is 4.55 Å². The minimum absolute atomic E-state index is 3.12. The van der Waals surface area contributed by atoms with Gasteiger partial charge in [0.1, 0.15) is 0 Å². The molecule has 0 aromatic rings. The van der Waals surface area contributed by atoms with Crippen LogP contribution in [-0.2, 0) is 11.0 Å². The van der Waals surface area contributed by atoms with Crippen LogP contribution < -0.4 is 0 Å². The van der Waals surface area contributed by atoms with Crippen molar-refractivity contribution in [3.63, 3.8) is 0 Å². The van der Waals surface area contributed by atoms with Crippen molar-refractivity contribution >= 4 is 11.0 Å². The van der Waals surface area contributed by atoms with Gasteiger partial charge >= 0.3 is 42.0 Å². The SMILES string of the molecule is FC(F)(F)C(F)(F)C(F)(F)C(F)(F)C(F)(F)C(F)(F)C(F)(F)F.O=[SH](=O)O. The van der Waals surface area contributed by atoms with Crippen LogP contribution in [0.3, 0.4) is 0 Å². The lowest BCUT2D eigenvalue weighted by Crippen LogP contribution is -2.72.